The standard InChI is InChI=1S/C17H28N2O2/c1-2-14-15(20)18-17(11-7-8-12-17)16(21)19(14)13-9-5-3-4-6-10-13/h13-14H,2-12H2,1H3,(H,18,20). The van der Waals surface area contributed by atoms with Crippen molar-refractivity contribution in [2.75, 3.05) is 0 Å². The minimum atomic E-state index is -0.560. The van der Waals surface area contributed by atoms with Crippen LogP contribution in [0.1, 0.15) is 77.6 Å². The summed E-state index contributed by atoms with van der Waals surface area (Å²) in [5.74, 6) is 0.307. The minimum Gasteiger partial charge on any atom is -0.340 e. The molecule has 0 radical (unpaired) electrons. The fourth-order valence-electron chi connectivity index (χ4n) is 4.54. The third-order valence-corrected chi connectivity index (χ3v) is 5.71. The monoisotopic (exact) mass is 292 g/mol. The van der Waals surface area contributed by atoms with E-state index in [1.54, 1.807) is 0 Å². The van der Waals surface area contributed by atoms with Gasteiger partial charge in [-0.1, -0.05) is 45.4 Å². The molecule has 118 valence electrons. The SMILES string of the molecule is CCC1C(=O)NC2(CCCC2)C(=O)N1C1CCCCCC1. The van der Waals surface area contributed by atoms with Crippen LogP contribution in [0.15, 0.2) is 0 Å². The Morgan fingerprint density at radius 1 is 1.05 bits per heavy atom. The first-order chi connectivity index (χ1) is 10.2. The van der Waals surface area contributed by atoms with Crippen molar-refractivity contribution < 1.29 is 9.59 Å². The summed E-state index contributed by atoms with van der Waals surface area (Å²) >= 11 is 0. The second kappa shape index (κ2) is 5.98. The lowest BCUT2D eigenvalue weighted by atomic mass is 9.88. The van der Waals surface area contributed by atoms with Gasteiger partial charge in [-0.25, -0.2) is 0 Å². The van der Waals surface area contributed by atoms with Crippen LogP contribution >= 0.6 is 0 Å². The van der Waals surface area contributed by atoms with Crippen LogP contribution in [-0.2, 0) is 9.59 Å². The first-order valence-corrected chi connectivity index (χ1v) is 8.83. The van der Waals surface area contributed by atoms with Crippen LogP contribution in [0.4, 0.5) is 0 Å². The highest BCUT2D eigenvalue weighted by molar-refractivity contribution is 6.00. The second-order valence-corrected chi connectivity index (χ2v) is 7.06. The summed E-state index contributed by atoms with van der Waals surface area (Å²) in [6, 6.07) is 0.0419. The number of nitrogens with zero attached hydrogens (tertiary/aromatic N) is 1. The zero-order chi connectivity index (χ0) is 14.9. The third kappa shape index (κ3) is 2.58. The van der Waals surface area contributed by atoms with Crippen LogP contribution in [0.5, 0.6) is 0 Å². The smallest absolute Gasteiger partial charge is 0.249 e. The lowest BCUT2D eigenvalue weighted by Crippen LogP contribution is -2.71. The van der Waals surface area contributed by atoms with Gasteiger partial charge in [0.2, 0.25) is 11.8 Å². The van der Waals surface area contributed by atoms with Crippen LogP contribution in [0.3, 0.4) is 0 Å². The van der Waals surface area contributed by atoms with Crippen molar-refractivity contribution in [3.63, 3.8) is 0 Å². The number of hydrogen-bond donors (Lipinski definition) is 1. The molecule has 2 amide bonds. The molecular formula is C17H28N2O2. The Labute approximate surface area is 127 Å². The highest BCUT2D eigenvalue weighted by Gasteiger charge is 2.53. The largest absolute Gasteiger partial charge is 0.340 e. The Morgan fingerprint density at radius 3 is 2.24 bits per heavy atom. The van der Waals surface area contributed by atoms with E-state index in [-0.39, 0.29) is 23.9 Å². The van der Waals surface area contributed by atoms with Crippen molar-refractivity contribution >= 4 is 11.8 Å². The quantitative estimate of drug-likeness (QED) is 0.796. The predicted octanol–water partition coefficient (Wildman–Crippen LogP) is 2.76. The maximum absolute atomic E-state index is 13.2. The fourth-order valence-corrected chi connectivity index (χ4v) is 4.54. The lowest BCUT2D eigenvalue weighted by Gasteiger charge is -2.47. The molecule has 0 aromatic rings. The van der Waals surface area contributed by atoms with Gasteiger partial charge in [-0.15, -0.1) is 0 Å². The molecular weight excluding hydrogens is 264 g/mol. The fraction of sp³-hybridized carbons (Fsp3) is 0.882. The van der Waals surface area contributed by atoms with Crippen LogP contribution in [0, 0.1) is 0 Å². The van der Waals surface area contributed by atoms with Crippen LogP contribution < -0.4 is 5.32 Å². The van der Waals surface area contributed by atoms with Crippen LogP contribution in [0.2, 0.25) is 0 Å². The Kier molecular flexibility index (Phi) is 4.23. The van der Waals surface area contributed by atoms with Crippen molar-refractivity contribution in [3.05, 3.63) is 0 Å². The van der Waals surface area contributed by atoms with Gasteiger partial charge in [0.15, 0.2) is 0 Å². The molecule has 0 bridgehead atoms. The van der Waals surface area contributed by atoms with E-state index in [4.69, 9.17) is 0 Å². The molecule has 1 N–H and O–H groups in total. The number of piperazine rings is 1. The van der Waals surface area contributed by atoms with E-state index >= 15 is 0 Å². The van der Waals surface area contributed by atoms with Gasteiger partial charge in [0.05, 0.1) is 0 Å². The Bertz CT molecular complexity index is 407. The summed E-state index contributed by atoms with van der Waals surface area (Å²) in [5.41, 5.74) is -0.560. The van der Waals surface area contributed by atoms with E-state index in [0.717, 1.165) is 44.9 Å². The molecule has 1 spiro atoms. The number of rotatable bonds is 2. The number of carbonyl (C=O) groups is 2. The van der Waals surface area contributed by atoms with Crippen molar-refractivity contribution in [2.45, 2.75) is 95.2 Å². The Hall–Kier alpha value is -1.06. The molecule has 1 atom stereocenters. The Balaban J connectivity index is 1.88. The molecule has 0 aromatic heterocycles. The number of carbonyl (C=O) groups excluding carboxylic acids is 2. The summed E-state index contributed by atoms with van der Waals surface area (Å²) in [6.07, 6.45) is 11.6. The summed E-state index contributed by atoms with van der Waals surface area (Å²) < 4.78 is 0. The molecule has 2 saturated carbocycles. The normalized spacial score (nSPS) is 30.5. The van der Waals surface area contributed by atoms with Gasteiger partial charge in [-0.05, 0) is 32.1 Å². The van der Waals surface area contributed by atoms with Gasteiger partial charge < -0.3 is 10.2 Å². The van der Waals surface area contributed by atoms with E-state index in [0.29, 0.717) is 0 Å². The van der Waals surface area contributed by atoms with E-state index in [1.807, 2.05) is 11.8 Å². The van der Waals surface area contributed by atoms with Gasteiger partial charge in [0.1, 0.15) is 11.6 Å². The van der Waals surface area contributed by atoms with E-state index in [9.17, 15) is 9.59 Å². The molecule has 1 heterocycles. The number of amides is 2. The first-order valence-electron chi connectivity index (χ1n) is 8.83. The maximum Gasteiger partial charge on any atom is 0.249 e. The average molecular weight is 292 g/mol. The van der Waals surface area contributed by atoms with Gasteiger partial charge in [-0.2, -0.15) is 0 Å². The molecule has 2 aliphatic carbocycles. The van der Waals surface area contributed by atoms with E-state index < -0.39 is 5.54 Å². The lowest BCUT2D eigenvalue weighted by molar-refractivity contribution is -0.158. The molecule has 3 fully saturated rings. The average Bonchev–Trinajstić information content (AvgIpc) is 2.78. The van der Waals surface area contributed by atoms with Crippen LogP contribution in [-0.4, -0.2) is 34.3 Å². The van der Waals surface area contributed by atoms with Crippen LogP contribution in [0.25, 0.3) is 0 Å². The van der Waals surface area contributed by atoms with Crippen molar-refractivity contribution in [1.29, 1.82) is 0 Å². The Morgan fingerprint density at radius 2 is 1.67 bits per heavy atom. The molecule has 1 saturated heterocycles. The first kappa shape index (κ1) is 14.9. The highest BCUT2D eigenvalue weighted by Crippen LogP contribution is 2.37. The molecule has 4 nitrogen and oxygen atoms in total. The predicted molar refractivity (Wildman–Crippen MR) is 81.8 cm³/mol. The summed E-state index contributed by atoms with van der Waals surface area (Å²) in [4.78, 5) is 27.8. The zero-order valence-electron chi connectivity index (χ0n) is 13.2. The maximum atomic E-state index is 13.2. The summed E-state index contributed by atoms with van der Waals surface area (Å²) in [7, 11) is 0. The minimum absolute atomic E-state index is 0.0863. The molecule has 1 unspecified atom stereocenters. The summed E-state index contributed by atoms with van der Waals surface area (Å²) in [5, 5.41) is 3.10. The van der Waals surface area contributed by atoms with Crippen molar-refractivity contribution in [1.82, 2.24) is 10.2 Å². The molecule has 3 aliphatic rings. The van der Waals surface area contributed by atoms with Crippen molar-refractivity contribution in [3.8, 4) is 0 Å². The van der Waals surface area contributed by atoms with E-state index in [1.165, 1.54) is 25.7 Å². The van der Waals surface area contributed by atoms with Crippen molar-refractivity contribution in [2.24, 2.45) is 0 Å². The third-order valence-electron chi connectivity index (χ3n) is 5.71. The molecule has 0 aromatic carbocycles. The zero-order valence-corrected chi connectivity index (χ0v) is 13.2. The molecule has 21 heavy (non-hydrogen) atoms. The van der Waals surface area contributed by atoms with Gasteiger partial charge >= 0.3 is 0 Å². The van der Waals surface area contributed by atoms with Gasteiger partial charge in [0, 0.05) is 6.04 Å². The summed E-state index contributed by atoms with van der Waals surface area (Å²) in [6.45, 7) is 2.02. The second-order valence-electron chi connectivity index (χ2n) is 7.06. The highest BCUT2D eigenvalue weighted by atomic mass is 16.2. The number of nitrogens with one attached hydrogen (secondary N) is 1. The molecule has 1 aliphatic heterocycles. The molecule has 3 rings (SSSR count). The van der Waals surface area contributed by atoms with E-state index in [2.05, 4.69) is 5.32 Å². The van der Waals surface area contributed by atoms with Gasteiger partial charge in [0.25, 0.3) is 0 Å². The molecule has 4 heteroatoms. The van der Waals surface area contributed by atoms with Gasteiger partial charge in [-0.3, -0.25) is 9.59 Å². The number of hydrogen-bond acceptors (Lipinski definition) is 2. The topological polar surface area (TPSA) is 49.4 Å².